The molecule has 2 aromatic rings. The second-order valence-electron chi connectivity index (χ2n) is 4.36. The van der Waals surface area contributed by atoms with Crippen molar-refractivity contribution >= 4 is 44.9 Å². The largest absolute Gasteiger partial charge is 0.376 e. The van der Waals surface area contributed by atoms with Gasteiger partial charge in [0.25, 0.3) is 0 Å². The Hall–Kier alpha value is -1.80. The summed E-state index contributed by atoms with van der Waals surface area (Å²) in [6.45, 7) is -0.172. The van der Waals surface area contributed by atoms with E-state index in [-0.39, 0.29) is 33.1 Å². The molecule has 1 amide bonds. The van der Waals surface area contributed by atoms with Crippen molar-refractivity contribution in [2.75, 3.05) is 11.9 Å². The predicted molar refractivity (Wildman–Crippen MR) is 88.4 cm³/mol. The molecule has 6 nitrogen and oxygen atoms in total. The smallest absolute Gasteiger partial charge is 0.339 e. The van der Waals surface area contributed by atoms with Crippen molar-refractivity contribution in [3.63, 3.8) is 0 Å². The minimum absolute atomic E-state index is 0.0768. The van der Waals surface area contributed by atoms with Gasteiger partial charge in [0.15, 0.2) is 5.75 Å². The van der Waals surface area contributed by atoms with Crippen molar-refractivity contribution < 1.29 is 17.4 Å². The van der Waals surface area contributed by atoms with Crippen LogP contribution < -0.4 is 15.2 Å². The zero-order chi connectivity index (χ0) is 17.0. The van der Waals surface area contributed by atoms with Gasteiger partial charge in [-0.2, -0.15) is 8.42 Å². The number of rotatable bonds is 5. The van der Waals surface area contributed by atoms with E-state index in [1.54, 1.807) is 6.07 Å². The van der Waals surface area contributed by atoms with Crippen LogP contribution in [0.2, 0.25) is 10.0 Å². The van der Waals surface area contributed by atoms with E-state index in [4.69, 9.17) is 33.1 Å². The zero-order valence-electron chi connectivity index (χ0n) is 11.6. The molecule has 0 aliphatic rings. The summed E-state index contributed by atoms with van der Waals surface area (Å²) in [7, 11) is -4.12. The maximum atomic E-state index is 12.2. The Labute approximate surface area is 143 Å². The van der Waals surface area contributed by atoms with Crippen LogP contribution in [0.25, 0.3) is 0 Å². The molecule has 0 bridgehead atoms. The molecule has 0 unspecified atom stereocenters. The van der Waals surface area contributed by atoms with Crippen LogP contribution in [0.5, 0.6) is 5.75 Å². The van der Waals surface area contributed by atoms with Gasteiger partial charge in [0.1, 0.15) is 4.90 Å². The Morgan fingerprint density at radius 1 is 1.09 bits per heavy atom. The number of carbonyl (C=O) groups is 1. The summed E-state index contributed by atoms with van der Waals surface area (Å²) in [5.41, 5.74) is 5.59. The van der Waals surface area contributed by atoms with Gasteiger partial charge >= 0.3 is 10.1 Å². The van der Waals surface area contributed by atoms with Crippen molar-refractivity contribution in [3.8, 4) is 5.75 Å². The maximum Gasteiger partial charge on any atom is 0.339 e. The van der Waals surface area contributed by atoms with Crippen molar-refractivity contribution in [2.24, 2.45) is 5.73 Å². The Morgan fingerprint density at radius 3 is 2.17 bits per heavy atom. The van der Waals surface area contributed by atoms with Gasteiger partial charge in [-0.15, -0.1) is 0 Å². The average molecular weight is 375 g/mol. The highest BCUT2D eigenvalue weighted by Gasteiger charge is 2.20. The first-order valence-electron chi connectivity index (χ1n) is 6.32. The quantitative estimate of drug-likeness (QED) is 0.783. The standard InChI is InChI=1S/C14H12Cl2N2O4S/c15-11-2-1-3-12(16)14(11)22-23(20,21)10-6-4-9(5-7-10)18-13(19)8-17/h1-7H,8,17H2,(H,18,19). The molecule has 0 aliphatic heterocycles. The van der Waals surface area contributed by atoms with E-state index < -0.39 is 10.1 Å². The van der Waals surface area contributed by atoms with Crippen LogP contribution in [-0.2, 0) is 14.9 Å². The average Bonchev–Trinajstić information content (AvgIpc) is 2.51. The number of amides is 1. The molecule has 9 heteroatoms. The van der Waals surface area contributed by atoms with Gasteiger partial charge in [-0.05, 0) is 36.4 Å². The number of nitrogens with two attached hydrogens (primary N) is 1. The van der Waals surface area contributed by atoms with E-state index in [1.807, 2.05) is 0 Å². The van der Waals surface area contributed by atoms with Crippen LogP contribution in [0.1, 0.15) is 0 Å². The minimum atomic E-state index is -4.12. The molecule has 122 valence electrons. The maximum absolute atomic E-state index is 12.2. The molecule has 2 rings (SSSR count). The van der Waals surface area contributed by atoms with Gasteiger partial charge in [-0.3, -0.25) is 4.79 Å². The first kappa shape index (κ1) is 17.6. The molecule has 0 saturated carbocycles. The highest BCUT2D eigenvalue weighted by molar-refractivity contribution is 7.87. The van der Waals surface area contributed by atoms with Crippen LogP contribution in [0.4, 0.5) is 5.69 Å². The Kier molecular flexibility index (Phi) is 5.48. The fourth-order valence-electron chi connectivity index (χ4n) is 1.64. The second-order valence-corrected chi connectivity index (χ2v) is 6.73. The van der Waals surface area contributed by atoms with E-state index in [2.05, 4.69) is 5.32 Å². The Balaban J connectivity index is 2.25. The summed E-state index contributed by atoms with van der Waals surface area (Å²) in [6, 6.07) is 9.89. The zero-order valence-corrected chi connectivity index (χ0v) is 14.0. The second kappa shape index (κ2) is 7.18. The summed E-state index contributed by atoms with van der Waals surface area (Å²) in [4.78, 5) is 11.1. The lowest BCUT2D eigenvalue weighted by molar-refractivity contribution is -0.114. The summed E-state index contributed by atoms with van der Waals surface area (Å²) in [5.74, 6) is -0.531. The van der Waals surface area contributed by atoms with Crippen molar-refractivity contribution in [3.05, 3.63) is 52.5 Å². The molecule has 0 fully saturated rings. The van der Waals surface area contributed by atoms with E-state index in [9.17, 15) is 13.2 Å². The lowest BCUT2D eigenvalue weighted by Gasteiger charge is -2.10. The van der Waals surface area contributed by atoms with E-state index in [1.165, 1.54) is 36.4 Å². The fraction of sp³-hybridized carbons (Fsp3) is 0.0714. The molecule has 0 aromatic heterocycles. The highest BCUT2D eigenvalue weighted by Crippen LogP contribution is 2.34. The van der Waals surface area contributed by atoms with Gasteiger partial charge in [-0.25, -0.2) is 0 Å². The number of nitrogens with one attached hydrogen (secondary N) is 1. The number of benzene rings is 2. The predicted octanol–water partition coefficient (Wildman–Crippen LogP) is 2.66. The number of hydrogen-bond acceptors (Lipinski definition) is 5. The highest BCUT2D eigenvalue weighted by atomic mass is 35.5. The van der Waals surface area contributed by atoms with Crippen LogP contribution in [0, 0.1) is 0 Å². The van der Waals surface area contributed by atoms with E-state index in [0.717, 1.165) is 0 Å². The molecule has 0 atom stereocenters. The molecular formula is C14H12Cl2N2O4S. The normalized spacial score (nSPS) is 11.1. The van der Waals surface area contributed by atoms with Crippen molar-refractivity contribution in [1.82, 2.24) is 0 Å². The van der Waals surface area contributed by atoms with Gasteiger partial charge in [-0.1, -0.05) is 29.3 Å². The summed E-state index contributed by atoms with van der Waals surface area (Å²) >= 11 is 11.8. The molecule has 0 aliphatic carbocycles. The molecule has 0 radical (unpaired) electrons. The lowest BCUT2D eigenvalue weighted by Crippen LogP contribution is -2.21. The van der Waals surface area contributed by atoms with Crippen molar-refractivity contribution in [2.45, 2.75) is 4.90 Å². The minimum Gasteiger partial charge on any atom is -0.376 e. The first-order chi connectivity index (χ1) is 10.8. The SMILES string of the molecule is NCC(=O)Nc1ccc(S(=O)(=O)Oc2c(Cl)cccc2Cl)cc1. The van der Waals surface area contributed by atoms with Gasteiger partial charge in [0.05, 0.1) is 16.6 Å². The summed E-state index contributed by atoms with van der Waals surface area (Å²) in [6.07, 6.45) is 0. The molecule has 0 saturated heterocycles. The fourth-order valence-corrected chi connectivity index (χ4v) is 3.17. The Morgan fingerprint density at radius 2 is 1.65 bits per heavy atom. The van der Waals surface area contributed by atoms with Crippen molar-refractivity contribution in [1.29, 1.82) is 0 Å². The molecule has 2 aromatic carbocycles. The number of hydrogen-bond donors (Lipinski definition) is 2. The van der Waals surface area contributed by atoms with Crippen LogP contribution in [-0.4, -0.2) is 20.9 Å². The first-order valence-corrected chi connectivity index (χ1v) is 8.48. The van der Waals surface area contributed by atoms with Gasteiger partial charge < -0.3 is 15.2 Å². The molecule has 3 N–H and O–H groups in total. The number of halogens is 2. The molecule has 23 heavy (non-hydrogen) atoms. The molecule has 0 spiro atoms. The number of para-hydroxylation sites is 1. The van der Waals surface area contributed by atoms with Crippen LogP contribution in [0.15, 0.2) is 47.4 Å². The Bertz CT molecular complexity index is 803. The summed E-state index contributed by atoms with van der Waals surface area (Å²) in [5, 5.41) is 2.65. The monoisotopic (exact) mass is 374 g/mol. The van der Waals surface area contributed by atoms with Gasteiger partial charge in [0.2, 0.25) is 5.91 Å². The van der Waals surface area contributed by atoms with E-state index >= 15 is 0 Å². The number of anilines is 1. The topological polar surface area (TPSA) is 98.5 Å². The third-order valence-corrected chi connectivity index (χ3v) is 4.55. The van der Waals surface area contributed by atoms with Gasteiger partial charge in [0, 0.05) is 5.69 Å². The third-order valence-electron chi connectivity index (χ3n) is 2.72. The third kappa shape index (κ3) is 4.35. The summed E-state index contributed by atoms with van der Waals surface area (Å²) < 4.78 is 29.5. The lowest BCUT2D eigenvalue weighted by atomic mass is 10.3. The van der Waals surface area contributed by atoms with Crippen LogP contribution in [0.3, 0.4) is 0 Å². The number of carbonyl (C=O) groups excluding carboxylic acids is 1. The van der Waals surface area contributed by atoms with E-state index in [0.29, 0.717) is 5.69 Å². The molecule has 0 heterocycles. The molecular weight excluding hydrogens is 363 g/mol. The van der Waals surface area contributed by atoms with Crippen LogP contribution >= 0.6 is 23.2 Å².